The van der Waals surface area contributed by atoms with Gasteiger partial charge in [-0.05, 0) is 32.9 Å². The molecule has 1 heterocycles. The predicted molar refractivity (Wildman–Crippen MR) is 85.3 cm³/mol. The van der Waals surface area contributed by atoms with E-state index in [-0.39, 0.29) is 24.0 Å². The molecule has 1 unspecified atom stereocenters. The van der Waals surface area contributed by atoms with Crippen molar-refractivity contribution in [3.05, 3.63) is 0 Å². The van der Waals surface area contributed by atoms with Gasteiger partial charge in [0.05, 0.1) is 0 Å². The number of unbranched alkanes of at least 4 members (excludes halogenated alkanes) is 1. The Kier molecular flexibility index (Phi) is 9.91. The maximum Gasteiger partial charge on any atom is 0.191 e. The summed E-state index contributed by atoms with van der Waals surface area (Å²) in [4.78, 5) is 6.64. The van der Waals surface area contributed by atoms with E-state index < -0.39 is 0 Å². The lowest BCUT2D eigenvalue weighted by Gasteiger charge is -2.21. The van der Waals surface area contributed by atoms with Crippen LogP contribution < -0.4 is 10.6 Å². The second kappa shape index (κ2) is 9.94. The molecule has 4 nitrogen and oxygen atoms in total. The summed E-state index contributed by atoms with van der Waals surface area (Å²) in [6, 6.07) is 0.671. The van der Waals surface area contributed by atoms with Gasteiger partial charge >= 0.3 is 0 Å². The van der Waals surface area contributed by atoms with Gasteiger partial charge in [-0.15, -0.1) is 24.0 Å². The molecule has 0 spiro atoms. The molecule has 102 valence electrons. The number of likely N-dealkylation sites (tertiary alicyclic amines) is 1. The van der Waals surface area contributed by atoms with Crippen molar-refractivity contribution < 1.29 is 0 Å². The van der Waals surface area contributed by atoms with Crippen LogP contribution in [0.5, 0.6) is 0 Å². The van der Waals surface area contributed by atoms with Crippen molar-refractivity contribution in [2.75, 3.05) is 33.7 Å². The van der Waals surface area contributed by atoms with E-state index in [0.29, 0.717) is 6.04 Å². The molecule has 17 heavy (non-hydrogen) atoms. The lowest BCUT2D eigenvalue weighted by Crippen LogP contribution is -2.44. The molecule has 0 aliphatic carbocycles. The third kappa shape index (κ3) is 6.45. The maximum atomic E-state index is 4.22. The first-order valence-corrected chi connectivity index (χ1v) is 6.42. The number of nitrogens with one attached hydrogen (secondary N) is 2. The van der Waals surface area contributed by atoms with Gasteiger partial charge in [0, 0.05) is 26.2 Å². The Morgan fingerprint density at radius 2 is 2.18 bits per heavy atom. The molecule has 0 aromatic rings. The van der Waals surface area contributed by atoms with Gasteiger partial charge < -0.3 is 15.5 Å². The highest BCUT2D eigenvalue weighted by atomic mass is 127. The zero-order chi connectivity index (χ0) is 11.8. The monoisotopic (exact) mass is 354 g/mol. The minimum Gasteiger partial charge on any atom is -0.356 e. The Hall–Kier alpha value is -0.0400. The summed E-state index contributed by atoms with van der Waals surface area (Å²) in [7, 11) is 4.03. The van der Waals surface area contributed by atoms with Gasteiger partial charge in [0.2, 0.25) is 0 Å². The smallest absolute Gasteiger partial charge is 0.191 e. The summed E-state index contributed by atoms with van der Waals surface area (Å²) in [6.45, 7) is 5.44. The molecule has 0 amide bonds. The Labute approximate surface area is 123 Å². The number of hydrogen-bond donors (Lipinski definition) is 2. The Morgan fingerprint density at radius 3 is 2.71 bits per heavy atom. The number of guanidine groups is 1. The third-order valence-corrected chi connectivity index (χ3v) is 3.22. The van der Waals surface area contributed by atoms with Crippen LogP contribution in [0.25, 0.3) is 0 Å². The number of nitrogens with zero attached hydrogens (tertiary/aromatic N) is 2. The molecule has 0 radical (unpaired) electrons. The standard InChI is InChI=1S/C12H26N4.HI/c1-4-5-8-14-12(13-2)15-10-11-7-6-9-16(11)3;/h11H,4-10H2,1-3H3,(H2,13,14,15);1H. The molecule has 1 aliphatic rings. The van der Waals surface area contributed by atoms with Crippen LogP contribution in [0.1, 0.15) is 32.6 Å². The van der Waals surface area contributed by atoms with E-state index >= 15 is 0 Å². The first kappa shape index (κ1) is 17.0. The summed E-state index contributed by atoms with van der Waals surface area (Å²) in [5.41, 5.74) is 0. The van der Waals surface area contributed by atoms with E-state index in [1.807, 2.05) is 7.05 Å². The highest BCUT2D eigenvalue weighted by Crippen LogP contribution is 2.13. The van der Waals surface area contributed by atoms with E-state index in [4.69, 9.17) is 0 Å². The predicted octanol–water partition coefficient (Wildman–Crippen LogP) is 1.66. The van der Waals surface area contributed by atoms with E-state index in [0.717, 1.165) is 19.0 Å². The lowest BCUT2D eigenvalue weighted by atomic mass is 10.2. The highest BCUT2D eigenvalue weighted by molar-refractivity contribution is 14.0. The first-order chi connectivity index (χ1) is 7.77. The fraction of sp³-hybridized carbons (Fsp3) is 0.917. The summed E-state index contributed by atoms with van der Waals surface area (Å²) >= 11 is 0. The minimum absolute atomic E-state index is 0. The molecule has 5 heteroatoms. The van der Waals surface area contributed by atoms with Crippen LogP contribution in [0.2, 0.25) is 0 Å². The molecule has 0 bridgehead atoms. The summed E-state index contributed by atoms with van der Waals surface area (Å²) in [6.07, 6.45) is 5.04. The maximum absolute atomic E-state index is 4.22. The Morgan fingerprint density at radius 1 is 1.41 bits per heavy atom. The highest BCUT2D eigenvalue weighted by Gasteiger charge is 2.20. The molecule has 2 N–H and O–H groups in total. The topological polar surface area (TPSA) is 39.7 Å². The van der Waals surface area contributed by atoms with E-state index in [1.165, 1.54) is 32.2 Å². The lowest BCUT2D eigenvalue weighted by molar-refractivity contribution is 0.309. The average Bonchev–Trinajstić information content (AvgIpc) is 2.69. The quantitative estimate of drug-likeness (QED) is 0.342. The largest absolute Gasteiger partial charge is 0.356 e. The molecule has 0 saturated carbocycles. The molecular formula is C12H27IN4. The van der Waals surface area contributed by atoms with Gasteiger partial charge in [0.15, 0.2) is 5.96 Å². The number of aliphatic imine (C=N–C) groups is 1. The van der Waals surface area contributed by atoms with Gasteiger partial charge in [-0.3, -0.25) is 4.99 Å². The van der Waals surface area contributed by atoms with Crippen molar-refractivity contribution in [3.8, 4) is 0 Å². The molecule has 0 aromatic carbocycles. The van der Waals surface area contributed by atoms with Crippen LogP contribution in [-0.2, 0) is 0 Å². The zero-order valence-electron chi connectivity index (χ0n) is 11.3. The van der Waals surface area contributed by atoms with Gasteiger partial charge in [-0.2, -0.15) is 0 Å². The van der Waals surface area contributed by atoms with Crippen LogP contribution in [0, 0.1) is 0 Å². The Balaban J connectivity index is 0.00000256. The molecule has 1 saturated heterocycles. The second-order valence-electron chi connectivity index (χ2n) is 4.51. The second-order valence-corrected chi connectivity index (χ2v) is 4.51. The van der Waals surface area contributed by atoms with E-state index in [9.17, 15) is 0 Å². The fourth-order valence-electron chi connectivity index (χ4n) is 2.06. The first-order valence-electron chi connectivity index (χ1n) is 6.42. The van der Waals surface area contributed by atoms with Crippen molar-refractivity contribution in [2.45, 2.75) is 38.6 Å². The molecule has 1 aliphatic heterocycles. The molecule has 1 rings (SSSR count). The van der Waals surface area contributed by atoms with Gasteiger partial charge in [0.1, 0.15) is 0 Å². The van der Waals surface area contributed by atoms with Crippen LogP contribution in [0.4, 0.5) is 0 Å². The van der Waals surface area contributed by atoms with E-state index in [1.54, 1.807) is 0 Å². The van der Waals surface area contributed by atoms with Crippen molar-refractivity contribution in [3.63, 3.8) is 0 Å². The van der Waals surface area contributed by atoms with Crippen LogP contribution >= 0.6 is 24.0 Å². The van der Waals surface area contributed by atoms with Crippen molar-refractivity contribution >= 4 is 29.9 Å². The van der Waals surface area contributed by atoms with Crippen LogP contribution in [0.3, 0.4) is 0 Å². The van der Waals surface area contributed by atoms with Gasteiger partial charge in [0.25, 0.3) is 0 Å². The Bertz CT molecular complexity index is 221. The van der Waals surface area contributed by atoms with Crippen molar-refractivity contribution in [1.82, 2.24) is 15.5 Å². The molecular weight excluding hydrogens is 327 g/mol. The number of hydrogen-bond acceptors (Lipinski definition) is 2. The summed E-state index contributed by atoms with van der Waals surface area (Å²) < 4.78 is 0. The van der Waals surface area contributed by atoms with Crippen molar-refractivity contribution in [1.29, 1.82) is 0 Å². The number of halogens is 1. The zero-order valence-corrected chi connectivity index (χ0v) is 13.7. The molecule has 0 aromatic heterocycles. The number of rotatable bonds is 5. The van der Waals surface area contributed by atoms with Crippen LogP contribution in [-0.4, -0.2) is 50.6 Å². The SMILES string of the molecule is CCCCNC(=NC)NCC1CCCN1C.I. The normalized spacial score (nSPS) is 21.1. The fourth-order valence-corrected chi connectivity index (χ4v) is 2.06. The number of likely N-dealkylation sites (N-methyl/N-ethyl adjacent to an activating group) is 1. The summed E-state index contributed by atoms with van der Waals surface area (Å²) in [5.74, 6) is 0.939. The molecule has 1 atom stereocenters. The minimum atomic E-state index is 0. The van der Waals surface area contributed by atoms with Crippen molar-refractivity contribution in [2.24, 2.45) is 4.99 Å². The van der Waals surface area contributed by atoms with Gasteiger partial charge in [-0.1, -0.05) is 13.3 Å². The molecule has 1 fully saturated rings. The summed E-state index contributed by atoms with van der Waals surface area (Å²) in [5, 5.41) is 6.73. The van der Waals surface area contributed by atoms with Gasteiger partial charge in [-0.25, -0.2) is 0 Å². The average molecular weight is 354 g/mol. The van der Waals surface area contributed by atoms with Crippen LogP contribution in [0.15, 0.2) is 4.99 Å². The van der Waals surface area contributed by atoms with E-state index in [2.05, 4.69) is 34.5 Å². The third-order valence-electron chi connectivity index (χ3n) is 3.22.